The summed E-state index contributed by atoms with van der Waals surface area (Å²) in [4.78, 5) is 7.24. The molecule has 0 saturated heterocycles. The van der Waals surface area contributed by atoms with E-state index in [4.69, 9.17) is 10.2 Å². The molecule has 3 aromatic rings. The van der Waals surface area contributed by atoms with Crippen LogP contribution in [0.25, 0.3) is 17.1 Å². The summed E-state index contributed by atoms with van der Waals surface area (Å²) in [5.74, 6) is 0.720. The summed E-state index contributed by atoms with van der Waals surface area (Å²) < 4.78 is 0. The Morgan fingerprint density at radius 3 is 2.24 bits per heavy atom. The molecular formula is C18H18BrN5S. The van der Waals surface area contributed by atoms with Gasteiger partial charge in [-0.05, 0) is 41.1 Å². The third-order valence-electron chi connectivity index (χ3n) is 3.82. The first-order chi connectivity index (χ1) is 11.7. The lowest BCUT2D eigenvalue weighted by Gasteiger charge is -2.15. The highest BCUT2D eigenvalue weighted by Gasteiger charge is 2.34. The Morgan fingerprint density at radius 1 is 1.00 bits per heavy atom. The van der Waals surface area contributed by atoms with Crippen molar-refractivity contribution in [2.24, 2.45) is 0 Å². The lowest BCUT2D eigenvalue weighted by molar-refractivity contribution is -0.834. The Hall–Kier alpha value is -2.12. The van der Waals surface area contributed by atoms with Gasteiger partial charge in [0.05, 0.1) is 10.7 Å². The lowest BCUT2D eigenvalue weighted by atomic mass is 10.2. The number of thioether (sulfide) groups is 1. The molecule has 4 rings (SSSR count). The number of rotatable bonds is 3. The van der Waals surface area contributed by atoms with Crippen molar-refractivity contribution in [3.05, 3.63) is 71.8 Å². The van der Waals surface area contributed by atoms with Crippen molar-refractivity contribution >= 4 is 11.8 Å². The first kappa shape index (κ1) is 17.7. The van der Waals surface area contributed by atoms with Gasteiger partial charge in [-0.15, -0.1) is 0 Å². The molecular weight excluding hydrogens is 398 g/mol. The summed E-state index contributed by atoms with van der Waals surface area (Å²) in [5.41, 5.74) is 2.05. The fourth-order valence-corrected chi connectivity index (χ4v) is 3.74. The predicted molar refractivity (Wildman–Crippen MR) is 95.1 cm³/mol. The molecule has 1 unspecified atom stereocenters. The summed E-state index contributed by atoms with van der Waals surface area (Å²) in [5, 5.41) is 9.56. The Kier molecular flexibility index (Phi) is 5.24. The van der Waals surface area contributed by atoms with Crippen LogP contribution in [0.1, 0.15) is 12.4 Å². The second kappa shape index (κ2) is 7.41. The van der Waals surface area contributed by atoms with Crippen molar-refractivity contribution in [3.63, 3.8) is 0 Å². The van der Waals surface area contributed by atoms with E-state index in [0.29, 0.717) is 0 Å². The van der Waals surface area contributed by atoms with Crippen LogP contribution in [-0.4, -0.2) is 26.9 Å². The molecule has 0 radical (unpaired) electrons. The van der Waals surface area contributed by atoms with Crippen LogP contribution in [0.15, 0.2) is 71.8 Å². The summed E-state index contributed by atoms with van der Waals surface area (Å²) in [6.45, 7) is 2.11. The third-order valence-corrected chi connectivity index (χ3v) is 5.03. The van der Waals surface area contributed by atoms with Crippen molar-refractivity contribution in [2.75, 3.05) is 7.05 Å². The van der Waals surface area contributed by atoms with E-state index in [0.717, 1.165) is 17.1 Å². The molecule has 1 aromatic heterocycles. The van der Waals surface area contributed by atoms with E-state index in [1.165, 1.54) is 4.91 Å². The standard InChI is InChI=1S/C18H18N5S.BrH/c1-14-13-21(2)18(24-14)23-20-17(15-9-5-3-6-10-15)19-22(23)16-11-7-4-8-12-16;/h3-13,18H,1-2H3;1H/q+1;/p-1. The molecule has 1 aliphatic heterocycles. The minimum atomic E-state index is 0. The molecule has 1 atom stereocenters. The van der Waals surface area contributed by atoms with Crippen molar-refractivity contribution in [3.8, 4) is 17.1 Å². The van der Waals surface area contributed by atoms with E-state index >= 15 is 0 Å². The van der Waals surface area contributed by atoms with E-state index in [1.54, 1.807) is 11.8 Å². The minimum Gasteiger partial charge on any atom is -1.00 e. The number of allylic oxidation sites excluding steroid dienone is 1. The fourth-order valence-electron chi connectivity index (χ4n) is 2.72. The Balaban J connectivity index is 0.00000182. The van der Waals surface area contributed by atoms with Gasteiger partial charge in [-0.1, -0.05) is 48.2 Å². The van der Waals surface area contributed by atoms with E-state index in [1.807, 2.05) is 70.3 Å². The van der Waals surface area contributed by atoms with Gasteiger partial charge in [-0.2, -0.15) is 0 Å². The first-order valence-electron chi connectivity index (χ1n) is 7.79. The van der Waals surface area contributed by atoms with Crippen LogP contribution in [-0.2, 0) is 0 Å². The maximum Gasteiger partial charge on any atom is 0.339 e. The van der Waals surface area contributed by atoms with Crippen LogP contribution in [0.4, 0.5) is 0 Å². The van der Waals surface area contributed by atoms with Crippen LogP contribution in [0.2, 0.25) is 0 Å². The molecule has 0 N–H and O–H groups in total. The molecule has 0 amide bonds. The van der Waals surface area contributed by atoms with Crippen LogP contribution < -0.4 is 21.8 Å². The SMILES string of the molecule is CC1=CN(C)C([n+]2nc(-c3ccccc3)nn2-c2ccccc2)S1.[Br-]. The number of benzene rings is 2. The molecule has 0 aliphatic carbocycles. The number of hydrogen-bond donors (Lipinski definition) is 0. The number of para-hydroxylation sites is 1. The molecule has 5 nitrogen and oxygen atoms in total. The Morgan fingerprint density at radius 2 is 1.64 bits per heavy atom. The van der Waals surface area contributed by atoms with Crippen molar-refractivity contribution < 1.29 is 21.8 Å². The maximum atomic E-state index is 4.80. The predicted octanol–water partition coefficient (Wildman–Crippen LogP) is 0.222. The van der Waals surface area contributed by atoms with Crippen LogP contribution in [0.5, 0.6) is 0 Å². The lowest BCUT2D eigenvalue weighted by Crippen LogP contribution is -3.00. The normalized spacial score (nSPS) is 16.5. The number of halogens is 1. The fraction of sp³-hybridized carbons (Fsp3) is 0.167. The molecule has 0 bridgehead atoms. The van der Waals surface area contributed by atoms with Crippen LogP contribution in [0, 0.1) is 0 Å². The van der Waals surface area contributed by atoms with Gasteiger partial charge in [-0.25, -0.2) is 0 Å². The average Bonchev–Trinajstić information content (AvgIpc) is 3.19. The summed E-state index contributed by atoms with van der Waals surface area (Å²) in [6.07, 6.45) is 2.13. The smallest absolute Gasteiger partial charge is 0.339 e. The van der Waals surface area contributed by atoms with Crippen molar-refractivity contribution in [1.29, 1.82) is 0 Å². The van der Waals surface area contributed by atoms with Gasteiger partial charge in [0.25, 0.3) is 5.50 Å². The number of tetrazole rings is 1. The molecule has 0 spiro atoms. The molecule has 1 aliphatic rings. The quantitative estimate of drug-likeness (QED) is 0.573. The molecule has 2 heterocycles. The van der Waals surface area contributed by atoms with Gasteiger partial charge < -0.3 is 21.9 Å². The van der Waals surface area contributed by atoms with Gasteiger partial charge in [0.2, 0.25) is 0 Å². The first-order valence-corrected chi connectivity index (χ1v) is 8.67. The molecule has 7 heteroatoms. The molecule has 2 aromatic carbocycles. The highest BCUT2D eigenvalue weighted by Crippen LogP contribution is 2.35. The zero-order valence-electron chi connectivity index (χ0n) is 14.0. The van der Waals surface area contributed by atoms with Crippen LogP contribution >= 0.6 is 11.8 Å². The molecule has 25 heavy (non-hydrogen) atoms. The van der Waals surface area contributed by atoms with Gasteiger partial charge in [0, 0.05) is 22.9 Å². The Bertz CT molecular complexity index is 879. The number of nitrogens with zero attached hydrogens (tertiary/aromatic N) is 5. The van der Waals surface area contributed by atoms with E-state index < -0.39 is 0 Å². The number of aromatic nitrogens is 4. The largest absolute Gasteiger partial charge is 1.00 e. The zero-order valence-corrected chi connectivity index (χ0v) is 16.4. The van der Waals surface area contributed by atoms with Gasteiger partial charge in [0.1, 0.15) is 5.69 Å². The topological polar surface area (TPSA) is 37.8 Å². The van der Waals surface area contributed by atoms with E-state index in [2.05, 4.69) is 25.1 Å². The third kappa shape index (κ3) is 3.48. The van der Waals surface area contributed by atoms with Crippen molar-refractivity contribution in [1.82, 2.24) is 19.9 Å². The van der Waals surface area contributed by atoms with E-state index in [-0.39, 0.29) is 22.5 Å². The zero-order chi connectivity index (χ0) is 16.5. The Labute approximate surface area is 161 Å². The van der Waals surface area contributed by atoms with Gasteiger partial charge >= 0.3 is 5.82 Å². The monoisotopic (exact) mass is 415 g/mol. The van der Waals surface area contributed by atoms with Crippen LogP contribution in [0.3, 0.4) is 0 Å². The molecule has 0 saturated carbocycles. The van der Waals surface area contributed by atoms with E-state index in [9.17, 15) is 0 Å². The van der Waals surface area contributed by atoms with Gasteiger partial charge in [-0.3, -0.25) is 0 Å². The minimum absolute atomic E-state index is 0. The maximum absolute atomic E-state index is 4.80. The molecule has 0 fully saturated rings. The summed E-state index contributed by atoms with van der Waals surface area (Å²) in [6, 6.07) is 20.2. The highest BCUT2D eigenvalue weighted by molar-refractivity contribution is 8.03. The highest BCUT2D eigenvalue weighted by atomic mass is 79.9. The summed E-state index contributed by atoms with van der Waals surface area (Å²) >= 11 is 1.77. The average molecular weight is 416 g/mol. The van der Waals surface area contributed by atoms with Crippen molar-refractivity contribution in [2.45, 2.75) is 12.4 Å². The summed E-state index contributed by atoms with van der Waals surface area (Å²) in [7, 11) is 2.06. The van der Waals surface area contributed by atoms with Gasteiger partial charge in [0.15, 0.2) is 0 Å². The number of hydrogen-bond acceptors (Lipinski definition) is 4. The molecule has 128 valence electrons. The second-order valence-electron chi connectivity index (χ2n) is 5.68. The second-order valence-corrected chi connectivity index (χ2v) is 6.99.